The maximum atomic E-state index is 8.70. The summed E-state index contributed by atoms with van der Waals surface area (Å²) in [7, 11) is 0. The number of rotatable bonds is 2. The van der Waals surface area contributed by atoms with Gasteiger partial charge < -0.3 is 9.47 Å². The third-order valence-electron chi connectivity index (χ3n) is 3.53. The van der Waals surface area contributed by atoms with Crippen molar-refractivity contribution in [2.75, 3.05) is 26.4 Å². The van der Waals surface area contributed by atoms with Crippen LogP contribution in [0.3, 0.4) is 0 Å². The fourth-order valence-electron chi connectivity index (χ4n) is 1.99. The van der Waals surface area contributed by atoms with Crippen molar-refractivity contribution >= 4 is 0 Å². The first kappa shape index (κ1) is 12.9. The summed E-state index contributed by atoms with van der Waals surface area (Å²) in [4.78, 5) is 8.06. The molecule has 5 heteroatoms. The predicted molar refractivity (Wildman–Crippen MR) is 64.9 cm³/mol. The molecule has 0 amide bonds. The van der Waals surface area contributed by atoms with Crippen LogP contribution in [0.4, 0.5) is 0 Å². The van der Waals surface area contributed by atoms with Crippen molar-refractivity contribution in [3.05, 3.63) is 23.8 Å². The van der Waals surface area contributed by atoms with Gasteiger partial charge in [-0.25, -0.2) is 9.97 Å². The molecule has 5 nitrogen and oxygen atoms in total. The first-order valence-electron chi connectivity index (χ1n) is 6.02. The number of hydrogen-bond donors (Lipinski definition) is 0. The molecule has 1 aromatic rings. The van der Waals surface area contributed by atoms with Crippen molar-refractivity contribution in [2.24, 2.45) is 5.92 Å². The highest BCUT2D eigenvalue weighted by Crippen LogP contribution is 2.32. The standard InChI is InChI=1S/C13H17N3O2/c1-13(2,11-8-17-3-4-18-9-11)10-6-15-12(5-14)16-7-10/h6-7,11H,3-4,8-9H2,1-2H3. The summed E-state index contributed by atoms with van der Waals surface area (Å²) in [6.45, 7) is 6.90. The smallest absolute Gasteiger partial charge is 0.232 e. The fourth-order valence-corrected chi connectivity index (χ4v) is 1.99. The highest BCUT2D eigenvalue weighted by molar-refractivity contribution is 5.21. The van der Waals surface area contributed by atoms with Crippen LogP contribution in [0.15, 0.2) is 12.4 Å². The molecule has 2 heterocycles. The predicted octanol–water partition coefficient (Wildman–Crippen LogP) is 1.29. The molecule has 0 saturated carbocycles. The van der Waals surface area contributed by atoms with Crippen molar-refractivity contribution in [1.29, 1.82) is 5.26 Å². The Bertz CT molecular complexity index is 429. The van der Waals surface area contributed by atoms with E-state index in [0.717, 1.165) is 5.56 Å². The zero-order chi connectivity index (χ0) is 13.0. The zero-order valence-corrected chi connectivity index (χ0v) is 10.7. The van der Waals surface area contributed by atoms with Gasteiger partial charge in [0.1, 0.15) is 6.07 Å². The van der Waals surface area contributed by atoms with Crippen molar-refractivity contribution in [1.82, 2.24) is 9.97 Å². The first-order chi connectivity index (χ1) is 8.64. The average molecular weight is 247 g/mol. The van der Waals surface area contributed by atoms with Gasteiger partial charge in [-0.2, -0.15) is 5.26 Å². The first-order valence-corrected chi connectivity index (χ1v) is 6.02. The minimum atomic E-state index is -0.141. The Morgan fingerprint density at radius 2 is 1.78 bits per heavy atom. The molecule has 1 aliphatic rings. The second-order valence-electron chi connectivity index (χ2n) is 4.98. The van der Waals surface area contributed by atoms with E-state index >= 15 is 0 Å². The summed E-state index contributed by atoms with van der Waals surface area (Å²) in [5, 5.41) is 8.70. The van der Waals surface area contributed by atoms with E-state index in [2.05, 4.69) is 23.8 Å². The minimum Gasteiger partial charge on any atom is -0.379 e. The van der Waals surface area contributed by atoms with Crippen LogP contribution >= 0.6 is 0 Å². The number of aromatic nitrogens is 2. The molecule has 1 aliphatic heterocycles. The second-order valence-corrected chi connectivity index (χ2v) is 4.98. The van der Waals surface area contributed by atoms with Crippen molar-refractivity contribution in [3.63, 3.8) is 0 Å². The molecule has 1 aromatic heterocycles. The van der Waals surface area contributed by atoms with Gasteiger partial charge in [0.2, 0.25) is 5.82 Å². The van der Waals surface area contributed by atoms with Crippen molar-refractivity contribution in [3.8, 4) is 6.07 Å². The van der Waals surface area contributed by atoms with Gasteiger partial charge in [-0.1, -0.05) is 13.8 Å². The number of hydrogen-bond acceptors (Lipinski definition) is 5. The molecule has 0 atom stereocenters. The quantitative estimate of drug-likeness (QED) is 0.787. The molecule has 96 valence electrons. The summed E-state index contributed by atoms with van der Waals surface area (Å²) < 4.78 is 11.1. The fraction of sp³-hybridized carbons (Fsp3) is 0.615. The molecule has 0 spiro atoms. The Balaban J connectivity index is 2.19. The highest BCUT2D eigenvalue weighted by atomic mass is 16.5. The van der Waals surface area contributed by atoms with Gasteiger partial charge in [0.15, 0.2) is 0 Å². The maximum Gasteiger partial charge on any atom is 0.232 e. The minimum absolute atomic E-state index is 0.141. The number of nitrogens with zero attached hydrogens (tertiary/aromatic N) is 3. The van der Waals surface area contributed by atoms with E-state index in [1.165, 1.54) is 0 Å². The van der Waals surface area contributed by atoms with Crippen LogP contribution in [0.2, 0.25) is 0 Å². The molecular weight excluding hydrogens is 230 g/mol. The van der Waals surface area contributed by atoms with Gasteiger partial charge in [-0.3, -0.25) is 0 Å². The monoisotopic (exact) mass is 247 g/mol. The second kappa shape index (κ2) is 5.42. The molecule has 1 fully saturated rings. The number of nitriles is 1. The molecule has 18 heavy (non-hydrogen) atoms. The molecule has 2 rings (SSSR count). The van der Waals surface area contributed by atoms with E-state index in [1.54, 1.807) is 12.4 Å². The van der Waals surface area contributed by atoms with Crippen LogP contribution in [-0.4, -0.2) is 36.4 Å². The lowest BCUT2D eigenvalue weighted by Gasteiger charge is -2.32. The summed E-state index contributed by atoms with van der Waals surface area (Å²) in [5.74, 6) is 0.458. The van der Waals surface area contributed by atoms with Crippen LogP contribution in [0.5, 0.6) is 0 Å². The third kappa shape index (κ3) is 2.66. The largest absolute Gasteiger partial charge is 0.379 e. The maximum absolute atomic E-state index is 8.70. The molecule has 0 unspecified atom stereocenters. The van der Waals surface area contributed by atoms with Gasteiger partial charge in [0.05, 0.1) is 26.4 Å². The van der Waals surface area contributed by atoms with Crippen LogP contribution in [0, 0.1) is 17.2 Å². The molecule has 0 radical (unpaired) electrons. The summed E-state index contributed by atoms with van der Waals surface area (Å²) >= 11 is 0. The Hall–Kier alpha value is -1.51. The van der Waals surface area contributed by atoms with E-state index < -0.39 is 0 Å². The highest BCUT2D eigenvalue weighted by Gasteiger charge is 2.33. The van der Waals surface area contributed by atoms with E-state index in [1.807, 2.05) is 6.07 Å². The molecular formula is C13H17N3O2. The summed E-state index contributed by atoms with van der Waals surface area (Å²) in [6, 6.07) is 1.92. The normalized spacial score (nSPS) is 18.1. The van der Waals surface area contributed by atoms with Crippen molar-refractivity contribution in [2.45, 2.75) is 19.3 Å². The van der Waals surface area contributed by atoms with Crippen LogP contribution in [0.1, 0.15) is 25.2 Å². The van der Waals surface area contributed by atoms with E-state index in [9.17, 15) is 0 Å². The van der Waals surface area contributed by atoms with Crippen LogP contribution in [0.25, 0.3) is 0 Å². The zero-order valence-electron chi connectivity index (χ0n) is 10.7. The van der Waals surface area contributed by atoms with Gasteiger partial charge in [-0.15, -0.1) is 0 Å². The van der Waals surface area contributed by atoms with E-state index in [4.69, 9.17) is 14.7 Å². The summed E-state index contributed by atoms with van der Waals surface area (Å²) in [6.07, 6.45) is 3.44. The topological polar surface area (TPSA) is 68.0 Å². The van der Waals surface area contributed by atoms with E-state index in [-0.39, 0.29) is 17.2 Å². The van der Waals surface area contributed by atoms with Crippen molar-refractivity contribution < 1.29 is 9.47 Å². The lowest BCUT2D eigenvalue weighted by atomic mass is 9.75. The van der Waals surface area contributed by atoms with Crippen LogP contribution < -0.4 is 0 Å². The Kier molecular flexibility index (Phi) is 3.90. The number of ether oxygens (including phenoxy) is 2. The lowest BCUT2D eigenvalue weighted by Crippen LogP contribution is -2.34. The van der Waals surface area contributed by atoms with Gasteiger partial charge in [-0.05, 0) is 11.0 Å². The lowest BCUT2D eigenvalue weighted by molar-refractivity contribution is 0.0945. The Morgan fingerprint density at radius 1 is 1.22 bits per heavy atom. The average Bonchev–Trinajstić information content (AvgIpc) is 2.68. The van der Waals surface area contributed by atoms with Gasteiger partial charge in [0, 0.05) is 18.3 Å². The van der Waals surface area contributed by atoms with Gasteiger partial charge >= 0.3 is 0 Å². The molecule has 0 N–H and O–H groups in total. The molecule has 0 bridgehead atoms. The Labute approximate surface area is 107 Å². The SMILES string of the molecule is CC(C)(c1cnc(C#N)nc1)C1COCCOC1. The molecule has 0 aliphatic carbocycles. The summed E-state index contributed by atoms with van der Waals surface area (Å²) in [5.41, 5.74) is 0.860. The van der Waals surface area contributed by atoms with Gasteiger partial charge in [0.25, 0.3) is 0 Å². The molecule has 0 aromatic carbocycles. The Morgan fingerprint density at radius 3 is 2.28 bits per heavy atom. The van der Waals surface area contributed by atoms with E-state index in [0.29, 0.717) is 26.4 Å². The molecule has 1 saturated heterocycles. The third-order valence-corrected chi connectivity index (χ3v) is 3.53. The van der Waals surface area contributed by atoms with Crippen LogP contribution in [-0.2, 0) is 14.9 Å².